The summed E-state index contributed by atoms with van der Waals surface area (Å²) in [5.41, 5.74) is 6.72. The van der Waals surface area contributed by atoms with Crippen LogP contribution in [-0.2, 0) is 6.54 Å². The molecule has 0 bridgehead atoms. The number of nitrogens with zero attached hydrogens (tertiary/aromatic N) is 1. The Morgan fingerprint density at radius 3 is 2.71 bits per heavy atom. The summed E-state index contributed by atoms with van der Waals surface area (Å²) in [6, 6.07) is 10.7. The lowest BCUT2D eigenvalue weighted by molar-refractivity contribution is 0.1000. The monoisotopic (exact) mass is 303 g/mol. The van der Waals surface area contributed by atoms with Crippen molar-refractivity contribution >= 4 is 23.2 Å². The van der Waals surface area contributed by atoms with Crippen LogP contribution in [0.2, 0.25) is 5.02 Å². The van der Waals surface area contributed by atoms with E-state index in [1.165, 1.54) is 18.2 Å². The first-order valence-electron chi connectivity index (χ1n) is 6.03. The Bertz CT molecular complexity index is 740. The number of primary amides is 1. The van der Waals surface area contributed by atoms with E-state index in [4.69, 9.17) is 22.6 Å². The number of nitrogens with one attached hydrogen (secondary N) is 1. The fourth-order valence-electron chi connectivity index (χ4n) is 1.78. The molecule has 106 valence electrons. The summed E-state index contributed by atoms with van der Waals surface area (Å²) >= 11 is 5.91. The molecule has 2 rings (SSSR count). The highest BCUT2D eigenvalue weighted by atomic mass is 35.5. The summed E-state index contributed by atoms with van der Waals surface area (Å²) in [5.74, 6) is -1.05. The first-order valence-corrected chi connectivity index (χ1v) is 6.41. The smallest absolute Gasteiger partial charge is 0.248 e. The van der Waals surface area contributed by atoms with Gasteiger partial charge in [-0.1, -0.05) is 11.6 Å². The minimum Gasteiger partial charge on any atom is -0.381 e. The highest BCUT2D eigenvalue weighted by Gasteiger charge is 2.07. The Hall–Kier alpha value is -2.58. The molecule has 2 aromatic rings. The number of rotatable bonds is 4. The van der Waals surface area contributed by atoms with E-state index in [9.17, 15) is 9.18 Å². The second-order valence-corrected chi connectivity index (χ2v) is 4.74. The summed E-state index contributed by atoms with van der Waals surface area (Å²) < 4.78 is 13.7. The van der Waals surface area contributed by atoms with Crippen molar-refractivity contribution in [2.75, 3.05) is 5.32 Å². The van der Waals surface area contributed by atoms with Crippen LogP contribution in [0, 0.1) is 17.1 Å². The summed E-state index contributed by atoms with van der Waals surface area (Å²) in [6.07, 6.45) is 0. The van der Waals surface area contributed by atoms with Crippen molar-refractivity contribution in [2.45, 2.75) is 6.54 Å². The van der Waals surface area contributed by atoms with Crippen LogP contribution < -0.4 is 11.1 Å². The van der Waals surface area contributed by atoms with E-state index in [1.54, 1.807) is 18.2 Å². The Kier molecular flexibility index (Phi) is 4.41. The maximum absolute atomic E-state index is 13.7. The molecule has 0 unspecified atom stereocenters. The summed E-state index contributed by atoms with van der Waals surface area (Å²) in [5, 5.41) is 12.1. The lowest BCUT2D eigenvalue weighted by atomic mass is 10.1. The molecule has 0 saturated heterocycles. The lowest BCUT2D eigenvalue weighted by Gasteiger charge is -2.09. The molecule has 3 N–H and O–H groups in total. The molecule has 0 aliphatic heterocycles. The van der Waals surface area contributed by atoms with Crippen LogP contribution in [0.4, 0.5) is 10.1 Å². The molecular formula is C15H11ClFN3O. The average molecular weight is 304 g/mol. The van der Waals surface area contributed by atoms with Gasteiger partial charge in [-0.25, -0.2) is 4.39 Å². The molecule has 0 aromatic heterocycles. The van der Waals surface area contributed by atoms with Crippen molar-refractivity contribution in [3.8, 4) is 6.07 Å². The number of nitrogens with two attached hydrogens (primary N) is 1. The second-order valence-electron chi connectivity index (χ2n) is 4.33. The van der Waals surface area contributed by atoms with Crippen LogP contribution in [0.5, 0.6) is 0 Å². The number of anilines is 1. The molecule has 0 heterocycles. The lowest BCUT2D eigenvalue weighted by Crippen LogP contribution is -2.12. The molecule has 1 amide bonds. The van der Waals surface area contributed by atoms with Crippen molar-refractivity contribution in [3.05, 3.63) is 63.9 Å². The fourth-order valence-corrected chi connectivity index (χ4v) is 2.00. The van der Waals surface area contributed by atoms with E-state index >= 15 is 0 Å². The zero-order chi connectivity index (χ0) is 15.4. The average Bonchev–Trinajstić information content (AvgIpc) is 2.46. The Balaban J connectivity index is 2.16. The molecule has 6 heteroatoms. The molecule has 0 fully saturated rings. The molecule has 0 radical (unpaired) electrons. The first-order chi connectivity index (χ1) is 10.0. The van der Waals surface area contributed by atoms with E-state index < -0.39 is 11.7 Å². The van der Waals surface area contributed by atoms with Crippen molar-refractivity contribution < 1.29 is 9.18 Å². The van der Waals surface area contributed by atoms with Crippen molar-refractivity contribution in [2.24, 2.45) is 5.73 Å². The van der Waals surface area contributed by atoms with Crippen LogP contribution in [0.1, 0.15) is 21.5 Å². The number of hydrogen-bond acceptors (Lipinski definition) is 3. The van der Waals surface area contributed by atoms with Gasteiger partial charge in [0, 0.05) is 23.4 Å². The quantitative estimate of drug-likeness (QED) is 0.911. The zero-order valence-corrected chi connectivity index (χ0v) is 11.6. The standard InChI is InChI=1S/C15H11ClFN3O/c16-13-6-12(3-1-10(13)7-18)20-8-11-5-9(15(19)21)2-4-14(11)17/h1-6,20H,8H2,(H2,19,21). The first kappa shape index (κ1) is 14.8. The van der Waals surface area contributed by atoms with Gasteiger partial charge in [-0.05, 0) is 36.4 Å². The Labute approximate surface area is 125 Å². The van der Waals surface area contributed by atoms with Crippen molar-refractivity contribution in [1.82, 2.24) is 0 Å². The van der Waals surface area contributed by atoms with Crippen LogP contribution in [0.15, 0.2) is 36.4 Å². The number of carbonyl (C=O) groups is 1. The van der Waals surface area contributed by atoms with Crippen LogP contribution in [0.3, 0.4) is 0 Å². The molecule has 0 aliphatic rings. The Morgan fingerprint density at radius 1 is 1.33 bits per heavy atom. The molecule has 21 heavy (non-hydrogen) atoms. The molecule has 0 spiro atoms. The van der Waals surface area contributed by atoms with E-state index in [-0.39, 0.29) is 12.1 Å². The molecule has 0 aliphatic carbocycles. The third kappa shape index (κ3) is 3.50. The van der Waals surface area contributed by atoms with Gasteiger partial charge in [0.1, 0.15) is 11.9 Å². The maximum Gasteiger partial charge on any atom is 0.248 e. The van der Waals surface area contributed by atoms with Gasteiger partial charge in [-0.2, -0.15) is 5.26 Å². The third-order valence-corrected chi connectivity index (χ3v) is 3.22. The van der Waals surface area contributed by atoms with Gasteiger partial charge >= 0.3 is 0 Å². The number of halogens is 2. The highest BCUT2D eigenvalue weighted by molar-refractivity contribution is 6.32. The summed E-state index contributed by atoms with van der Waals surface area (Å²) in [7, 11) is 0. The van der Waals surface area contributed by atoms with E-state index in [1.807, 2.05) is 6.07 Å². The number of amides is 1. The summed E-state index contributed by atoms with van der Waals surface area (Å²) in [4.78, 5) is 11.1. The number of hydrogen-bond donors (Lipinski definition) is 2. The van der Waals surface area contributed by atoms with Gasteiger partial charge < -0.3 is 11.1 Å². The maximum atomic E-state index is 13.7. The minimum atomic E-state index is -0.613. The van der Waals surface area contributed by atoms with Gasteiger partial charge in [0.25, 0.3) is 0 Å². The number of benzene rings is 2. The highest BCUT2D eigenvalue weighted by Crippen LogP contribution is 2.21. The SMILES string of the molecule is N#Cc1ccc(NCc2cc(C(N)=O)ccc2F)cc1Cl. The van der Waals surface area contributed by atoms with Crippen LogP contribution >= 0.6 is 11.6 Å². The van der Waals surface area contributed by atoms with E-state index in [2.05, 4.69) is 5.32 Å². The second kappa shape index (κ2) is 6.25. The van der Waals surface area contributed by atoms with Gasteiger partial charge in [0.05, 0.1) is 10.6 Å². The van der Waals surface area contributed by atoms with Crippen LogP contribution in [0.25, 0.3) is 0 Å². The molecule has 2 aromatic carbocycles. The number of nitriles is 1. The Morgan fingerprint density at radius 2 is 2.10 bits per heavy atom. The predicted molar refractivity (Wildman–Crippen MR) is 78.4 cm³/mol. The van der Waals surface area contributed by atoms with Crippen LogP contribution in [-0.4, -0.2) is 5.91 Å². The van der Waals surface area contributed by atoms with Crippen molar-refractivity contribution in [3.63, 3.8) is 0 Å². The molecule has 0 atom stereocenters. The van der Waals surface area contributed by atoms with E-state index in [0.29, 0.717) is 21.8 Å². The van der Waals surface area contributed by atoms with Crippen molar-refractivity contribution in [1.29, 1.82) is 5.26 Å². The topological polar surface area (TPSA) is 78.9 Å². The van der Waals surface area contributed by atoms with Gasteiger partial charge in [-0.3, -0.25) is 4.79 Å². The van der Waals surface area contributed by atoms with Gasteiger partial charge in [-0.15, -0.1) is 0 Å². The minimum absolute atomic E-state index is 0.162. The zero-order valence-electron chi connectivity index (χ0n) is 10.9. The predicted octanol–water partition coefficient (Wildman–Crippen LogP) is 3.06. The fraction of sp³-hybridized carbons (Fsp3) is 0.0667. The molecular weight excluding hydrogens is 293 g/mol. The normalized spacial score (nSPS) is 9.95. The van der Waals surface area contributed by atoms with E-state index in [0.717, 1.165) is 0 Å². The summed E-state index contributed by atoms with van der Waals surface area (Å²) in [6.45, 7) is 0.162. The van der Waals surface area contributed by atoms with Gasteiger partial charge in [0.15, 0.2) is 0 Å². The van der Waals surface area contributed by atoms with Gasteiger partial charge in [0.2, 0.25) is 5.91 Å². The largest absolute Gasteiger partial charge is 0.381 e. The third-order valence-electron chi connectivity index (χ3n) is 2.90. The molecule has 4 nitrogen and oxygen atoms in total. The number of carbonyl (C=O) groups excluding carboxylic acids is 1. The molecule has 0 saturated carbocycles.